The molecule has 128 valence electrons. The van der Waals surface area contributed by atoms with Gasteiger partial charge in [0.2, 0.25) is 0 Å². The van der Waals surface area contributed by atoms with Gasteiger partial charge in [-0.05, 0) is 35.8 Å². The summed E-state index contributed by atoms with van der Waals surface area (Å²) in [5.74, 6) is 0.994. The van der Waals surface area contributed by atoms with Crippen LogP contribution in [0, 0.1) is 22.7 Å². The van der Waals surface area contributed by atoms with Gasteiger partial charge in [-0.3, -0.25) is 0 Å². The van der Waals surface area contributed by atoms with E-state index in [1.165, 1.54) is 23.1 Å². The molecule has 1 aliphatic heterocycles. The molecule has 2 heteroatoms. The van der Waals surface area contributed by atoms with Gasteiger partial charge in [-0.25, -0.2) is 0 Å². The van der Waals surface area contributed by atoms with Crippen LogP contribution in [-0.2, 0) is 0 Å². The monoisotopic (exact) mass is 330 g/mol. The molecule has 0 aromatic heterocycles. The van der Waals surface area contributed by atoms with E-state index >= 15 is 0 Å². The van der Waals surface area contributed by atoms with Crippen molar-refractivity contribution in [2.75, 3.05) is 6.54 Å². The maximum absolute atomic E-state index is 5.74. The van der Waals surface area contributed by atoms with E-state index in [2.05, 4.69) is 73.0 Å². The highest BCUT2D eigenvalue weighted by molar-refractivity contribution is 5.57. The minimum Gasteiger partial charge on any atom is -0.405 e. The molecule has 0 bridgehead atoms. The molecular weight excluding hydrogens is 304 g/mol. The highest BCUT2D eigenvalue weighted by Gasteiger charge is 2.53. The number of hydrogen-bond donors (Lipinski definition) is 2. The zero-order valence-corrected chi connectivity index (χ0v) is 14.8. The molecular formula is C23H26N2. The number of allylic oxidation sites excluding steroid dienone is 11. The van der Waals surface area contributed by atoms with Crippen molar-refractivity contribution in [3.63, 3.8) is 0 Å². The molecule has 4 aliphatic carbocycles. The Morgan fingerprint density at radius 1 is 1.28 bits per heavy atom. The Kier molecular flexibility index (Phi) is 3.18. The molecule has 1 saturated heterocycles. The van der Waals surface area contributed by atoms with Crippen molar-refractivity contribution in [3.8, 4) is 0 Å². The Bertz CT molecular complexity index is 815. The molecule has 1 fully saturated rings. The lowest BCUT2D eigenvalue weighted by molar-refractivity contribution is 0.209. The van der Waals surface area contributed by atoms with Crippen molar-refractivity contribution < 1.29 is 0 Å². The average molecular weight is 330 g/mol. The van der Waals surface area contributed by atoms with Crippen molar-refractivity contribution >= 4 is 0 Å². The van der Waals surface area contributed by atoms with Crippen molar-refractivity contribution in [2.24, 2.45) is 28.4 Å². The summed E-state index contributed by atoms with van der Waals surface area (Å²) in [6.45, 7) is 3.54. The minimum atomic E-state index is 0.0892. The van der Waals surface area contributed by atoms with Crippen LogP contribution in [0.3, 0.4) is 0 Å². The van der Waals surface area contributed by atoms with Gasteiger partial charge in [-0.1, -0.05) is 67.7 Å². The van der Waals surface area contributed by atoms with Gasteiger partial charge in [-0.15, -0.1) is 0 Å². The zero-order valence-electron chi connectivity index (χ0n) is 14.8. The third-order valence-corrected chi connectivity index (χ3v) is 7.06. The summed E-state index contributed by atoms with van der Waals surface area (Å²) in [5, 5.41) is 3.47. The van der Waals surface area contributed by atoms with Crippen LogP contribution in [-0.4, -0.2) is 12.6 Å². The third-order valence-electron chi connectivity index (χ3n) is 7.06. The smallest absolute Gasteiger partial charge is 0.0297 e. The molecule has 5 rings (SSSR count). The van der Waals surface area contributed by atoms with E-state index in [9.17, 15) is 0 Å². The van der Waals surface area contributed by atoms with Crippen LogP contribution < -0.4 is 11.1 Å². The summed E-state index contributed by atoms with van der Waals surface area (Å²) in [5.41, 5.74) is 10.5. The largest absolute Gasteiger partial charge is 0.405 e. The normalized spacial score (nSPS) is 41.6. The highest BCUT2D eigenvalue weighted by Crippen LogP contribution is 2.63. The summed E-state index contributed by atoms with van der Waals surface area (Å²) in [4.78, 5) is 0. The number of nitrogens with two attached hydrogens (primary N) is 1. The topological polar surface area (TPSA) is 48.0 Å². The Hall–Kier alpha value is -2.06. The first kappa shape index (κ1) is 15.2. The van der Waals surface area contributed by atoms with Gasteiger partial charge < -0.3 is 11.1 Å². The van der Waals surface area contributed by atoms with Crippen LogP contribution in [0.4, 0.5) is 0 Å². The lowest BCUT2D eigenvalue weighted by atomic mass is 9.58. The molecule has 3 N–H and O–H groups in total. The molecule has 2 nitrogen and oxygen atoms in total. The fourth-order valence-electron chi connectivity index (χ4n) is 5.21. The first-order chi connectivity index (χ1) is 12.2. The highest BCUT2D eigenvalue weighted by atomic mass is 15.1. The van der Waals surface area contributed by atoms with E-state index in [0.29, 0.717) is 17.9 Å². The van der Waals surface area contributed by atoms with E-state index in [1.807, 2.05) is 0 Å². The predicted molar refractivity (Wildman–Crippen MR) is 104 cm³/mol. The Labute approximate surface area is 150 Å². The standard InChI is InChI=1S/C23H26N2/c1-22(20-7-6-18(20)19(9-13-24)21-15-25-21)10-3-11-23(22)12-8-17(14-23)16-4-2-5-16/h2-10,12-13,17,19,21,25H,11,14-15,24H2,1H3/b13-9-. The van der Waals surface area contributed by atoms with Gasteiger partial charge in [-0.2, -0.15) is 0 Å². The minimum absolute atomic E-state index is 0.0892. The van der Waals surface area contributed by atoms with Gasteiger partial charge in [0.25, 0.3) is 0 Å². The lowest BCUT2D eigenvalue weighted by Gasteiger charge is -2.45. The molecule has 25 heavy (non-hydrogen) atoms. The third kappa shape index (κ3) is 2.07. The Balaban J connectivity index is 1.48. The van der Waals surface area contributed by atoms with Crippen LogP contribution >= 0.6 is 0 Å². The second-order valence-electron chi connectivity index (χ2n) is 8.29. The summed E-state index contributed by atoms with van der Waals surface area (Å²) >= 11 is 0. The quantitative estimate of drug-likeness (QED) is 0.592. The molecule has 0 amide bonds. The summed E-state index contributed by atoms with van der Waals surface area (Å²) in [6, 6.07) is 0.553. The second kappa shape index (κ2) is 5.22. The van der Waals surface area contributed by atoms with E-state index in [-0.39, 0.29) is 10.8 Å². The average Bonchev–Trinajstić information content (AvgIpc) is 3.19. The molecule has 1 heterocycles. The molecule has 0 saturated carbocycles. The fourth-order valence-corrected chi connectivity index (χ4v) is 5.21. The first-order valence-electron chi connectivity index (χ1n) is 9.47. The van der Waals surface area contributed by atoms with E-state index < -0.39 is 0 Å². The zero-order chi connectivity index (χ0) is 17.1. The molecule has 1 spiro atoms. The van der Waals surface area contributed by atoms with Crippen molar-refractivity contribution in [2.45, 2.75) is 25.8 Å². The van der Waals surface area contributed by atoms with Gasteiger partial charge in [0.05, 0.1) is 0 Å². The number of hydrogen-bond acceptors (Lipinski definition) is 2. The van der Waals surface area contributed by atoms with Crippen LogP contribution in [0.25, 0.3) is 0 Å². The van der Waals surface area contributed by atoms with Crippen LogP contribution in [0.15, 0.2) is 83.7 Å². The van der Waals surface area contributed by atoms with E-state index in [1.54, 1.807) is 6.20 Å². The fraction of sp³-hybridized carbons (Fsp3) is 0.391. The maximum Gasteiger partial charge on any atom is 0.0297 e. The second-order valence-corrected chi connectivity index (χ2v) is 8.29. The molecule has 0 aromatic rings. The summed E-state index contributed by atoms with van der Waals surface area (Å²) in [7, 11) is 0. The molecule has 5 aliphatic rings. The Morgan fingerprint density at radius 3 is 2.72 bits per heavy atom. The van der Waals surface area contributed by atoms with Crippen molar-refractivity contribution in [1.29, 1.82) is 0 Å². The lowest BCUT2D eigenvalue weighted by Crippen LogP contribution is -2.37. The molecule has 0 aromatic carbocycles. The molecule has 5 unspecified atom stereocenters. The van der Waals surface area contributed by atoms with Gasteiger partial charge in [0.15, 0.2) is 0 Å². The number of nitrogens with one attached hydrogen (secondary N) is 1. The van der Waals surface area contributed by atoms with Crippen LogP contribution in [0.2, 0.25) is 0 Å². The van der Waals surface area contributed by atoms with E-state index in [0.717, 1.165) is 13.0 Å². The maximum atomic E-state index is 5.74. The van der Waals surface area contributed by atoms with Gasteiger partial charge in [0, 0.05) is 35.3 Å². The van der Waals surface area contributed by atoms with Crippen molar-refractivity contribution in [3.05, 3.63) is 83.7 Å². The van der Waals surface area contributed by atoms with Crippen molar-refractivity contribution in [1.82, 2.24) is 5.32 Å². The van der Waals surface area contributed by atoms with E-state index in [4.69, 9.17) is 5.73 Å². The molecule has 5 atom stereocenters. The predicted octanol–water partition coefficient (Wildman–Crippen LogP) is 3.94. The van der Waals surface area contributed by atoms with Gasteiger partial charge >= 0.3 is 0 Å². The first-order valence-corrected chi connectivity index (χ1v) is 9.47. The van der Waals surface area contributed by atoms with Crippen LogP contribution in [0.1, 0.15) is 19.8 Å². The SMILES string of the molecule is CC1(C2=C(C(/C=C\N)C3CN3)C=C2)C=CCC12C=CC(C1=CC=C1)C2. The van der Waals surface area contributed by atoms with Gasteiger partial charge in [0.1, 0.15) is 0 Å². The van der Waals surface area contributed by atoms with Crippen LogP contribution in [0.5, 0.6) is 0 Å². The molecule has 0 radical (unpaired) electrons. The summed E-state index contributed by atoms with van der Waals surface area (Å²) in [6.07, 6.45) is 27.4. The Morgan fingerprint density at radius 2 is 2.12 bits per heavy atom. The number of rotatable bonds is 5. The summed E-state index contributed by atoms with van der Waals surface area (Å²) < 4.78 is 0.